The molecule has 1 aliphatic carbocycles. The summed E-state index contributed by atoms with van der Waals surface area (Å²) in [6, 6.07) is 2.14. The number of rotatable bonds is 3. The number of anilines is 1. The molecule has 0 bridgehead atoms. The molecule has 0 unspecified atom stereocenters. The summed E-state index contributed by atoms with van der Waals surface area (Å²) in [5.41, 5.74) is 0. The van der Waals surface area contributed by atoms with Crippen LogP contribution in [0.3, 0.4) is 0 Å². The molecule has 2 aromatic heterocycles. The van der Waals surface area contributed by atoms with Gasteiger partial charge in [0.2, 0.25) is 5.95 Å². The number of nitrogens with one attached hydrogen (secondary N) is 1. The summed E-state index contributed by atoms with van der Waals surface area (Å²) >= 11 is 3.63. The predicted octanol–water partition coefficient (Wildman–Crippen LogP) is 4.16. The Morgan fingerprint density at radius 1 is 1.28 bits per heavy atom. The normalized spacial score (nSPS) is 17.2. The molecule has 5 heteroatoms. The maximum atomic E-state index is 4.63. The van der Waals surface area contributed by atoms with Gasteiger partial charge in [0, 0.05) is 17.7 Å². The SMILES string of the molecule is CNc1nc(SC2CCCCC2)c2ccsc2n1. The summed E-state index contributed by atoms with van der Waals surface area (Å²) in [6.45, 7) is 0. The Hall–Kier alpha value is -0.810. The predicted molar refractivity (Wildman–Crippen MR) is 79.7 cm³/mol. The molecule has 2 aromatic rings. The van der Waals surface area contributed by atoms with Gasteiger partial charge in [-0.05, 0) is 24.3 Å². The second kappa shape index (κ2) is 5.45. The summed E-state index contributed by atoms with van der Waals surface area (Å²) in [5.74, 6) is 0.739. The fourth-order valence-electron chi connectivity index (χ4n) is 2.37. The number of thioether (sulfide) groups is 1. The van der Waals surface area contributed by atoms with Crippen molar-refractivity contribution >= 4 is 39.3 Å². The minimum atomic E-state index is 0.737. The molecule has 1 aliphatic rings. The third-order valence-corrected chi connectivity index (χ3v) is 5.49. The van der Waals surface area contributed by atoms with Crippen LogP contribution in [0.2, 0.25) is 0 Å². The van der Waals surface area contributed by atoms with Crippen molar-refractivity contribution in [3.8, 4) is 0 Å². The Morgan fingerprint density at radius 2 is 2.11 bits per heavy atom. The van der Waals surface area contributed by atoms with Crippen LogP contribution in [-0.2, 0) is 0 Å². The zero-order valence-corrected chi connectivity index (χ0v) is 12.1. The number of nitrogens with zero attached hydrogens (tertiary/aromatic N) is 2. The molecule has 18 heavy (non-hydrogen) atoms. The first-order valence-corrected chi connectivity index (χ1v) is 8.22. The highest BCUT2D eigenvalue weighted by Crippen LogP contribution is 2.37. The lowest BCUT2D eigenvalue weighted by Gasteiger charge is -2.20. The van der Waals surface area contributed by atoms with Crippen LogP contribution in [0.1, 0.15) is 32.1 Å². The van der Waals surface area contributed by atoms with E-state index >= 15 is 0 Å². The van der Waals surface area contributed by atoms with Gasteiger partial charge in [0.05, 0.1) is 0 Å². The Morgan fingerprint density at radius 3 is 2.89 bits per heavy atom. The molecule has 0 amide bonds. The van der Waals surface area contributed by atoms with E-state index in [1.54, 1.807) is 11.3 Å². The van der Waals surface area contributed by atoms with E-state index in [4.69, 9.17) is 0 Å². The number of hydrogen-bond acceptors (Lipinski definition) is 5. The van der Waals surface area contributed by atoms with Crippen LogP contribution >= 0.6 is 23.1 Å². The van der Waals surface area contributed by atoms with Crippen molar-refractivity contribution in [2.24, 2.45) is 0 Å². The highest BCUT2D eigenvalue weighted by atomic mass is 32.2. The molecule has 0 saturated heterocycles. The number of hydrogen-bond donors (Lipinski definition) is 1. The minimum Gasteiger partial charge on any atom is -0.357 e. The zero-order valence-electron chi connectivity index (χ0n) is 10.5. The van der Waals surface area contributed by atoms with Gasteiger partial charge in [0.1, 0.15) is 9.86 Å². The monoisotopic (exact) mass is 279 g/mol. The van der Waals surface area contributed by atoms with Gasteiger partial charge in [-0.25, -0.2) is 9.97 Å². The smallest absolute Gasteiger partial charge is 0.224 e. The van der Waals surface area contributed by atoms with Crippen LogP contribution in [0.25, 0.3) is 10.2 Å². The maximum absolute atomic E-state index is 4.63. The first-order chi connectivity index (χ1) is 8.86. The second-order valence-electron chi connectivity index (χ2n) is 4.62. The largest absolute Gasteiger partial charge is 0.357 e. The first kappa shape index (κ1) is 12.2. The fourth-order valence-corrected chi connectivity index (χ4v) is 4.51. The quantitative estimate of drug-likeness (QED) is 0.856. The summed E-state index contributed by atoms with van der Waals surface area (Å²) in [5, 5.41) is 8.26. The highest BCUT2D eigenvalue weighted by molar-refractivity contribution is 8.00. The molecule has 1 fully saturated rings. The van der Waals surface area contributed by atoms with Gasteiger partial charge in [-0.3, -0.25) is 0 Å². The van der Waals surface area contributed by atoms with Gasteiger partial charge in [0.25, 0.3) is 0 Å². The van der Waals surface area contributed by atoms with Gasteiger partial charge < -0.3 is 5.32 Å². The number of thiophene rings is 1. The Balaban J connectivity index is 1.91. The van der Waals surface area contributed by atoms with E-state index in [1.807, 2.05) is 18.8 Å². The third kappa shape index (κ3) is 2.47. The van der Waals surface area contributed by atoms with Crippen molar-refractivity contribution < 1.29 is 0 Å². The van der Waals surface area contributed by atoms with Crippen LogP contribution in [0, 0.1) is 0 Å². The maximum Gasteiger partial charge on any atom is 0.224 e. The Kier molecular flexibility index (Phi) is 3.70. The van der Waals surface area contributed by atoms with E-state index in [-0.39, 0.29) is 0 Å². The topological polar surface area (TPSA) is 37.8 Å². The molecule has 3 nitrogen and oxygen atoms in total. The molecule has 0 spiro atoms. The zero-order chi connectivity index (χ0) is 12.4. The molecule has 0 radical (unpaired) electrons. The van der Waals surface area contributed by atoms with E-state index in [2.05, 4.69) is 26.7 Å². The molecule has 0 aliphatic heterocycles. The van der Waals surface area contributed by atoms with Crippen molar-refractivity contribution in [1.82, 2.24) is 9.97 Å². The summed E-state index contributed by atoms with van der Waals surface area (Å²) in [7, 11) is 1.88. The number of fused-ring (bicyclic) bond motifs is 1. The molecular weight excluding hydrogens is 262 g/mol. The lowest BCUT2D eigenvalue weighted by molar-refractivity contribution is 0.516. The van der Waals surface area contributed by atoms with Gasteiger partial charge in [-0.15, -0.1) is 23.1 Å². The summed E-state index contributed by atoms with van der Waals surface area (Å²) in [6.07, 6.45) is 6.80. The van der Waals surface area contributed by atoms with Crippen molar-refractivity contribution in [3.63, 3.8) is 0 Å². The molecule has 0 atom stereocenters. The average molecular weight is 279 g/mol. The average Bonchev–Trinajstić information content (AvgIpc) is 2.88. The van der Waals surface area contributed by atoms with Gasteiger partial charge in [0.15, 0.2) is 0 Å². The molecule has 1 saturated carbocycles. The lowest BCUT2D eigenvalue weighted by Crippen LogP contribution is -2.08. The van der Waals surface area contributed by atoms with Crippen molar-refractivity contribution in [2.45, 2.75) is 42.4 Å². The molecule has 0 aromatic carbocycles. The first-order valence-electron chi connectivity index (χ1n) is 6.46. The van der Waals surface area contributed by atoms with Crippen molar-refractivity contribution in [3.05, 3.63) is 11.4 Å². The molecular formula is C13H17N3S2. The van der Waals surface area contributed by atoms with Crippen LogP contribution < -0.4 is 5.32 Å². The Labute approximate surface area is 115 Å². The van der Waals surface area contributed by atoms with Crippen molar-refractivity contribution in [2.75, 3.05) is 12.4 Å². The Bertz CT molecular complexity index is 532. The van der Waals surface area contributed by atoms with Gasteiger partial charge in [-0.1, -0.05) is 19.3 Å². The van der Waals surface area contributed by atoms with E-state index in [0.717, 1.165) is 21.1 Å². The van der Waals surface area contributed by atoms with Gasteiger partial charge in [-0.2, -0.15) is 0 Å². The summed E-state index contributed by atoms with van der Waals surface area (Å²) in [4.78, 5) is 10.2. The minimum absolute atomic E-state index is 0.737. The lowest BCUT2D eigenvalue weighted by atomic mass is 10.0. The molecule has 3 rings (SSSR count). The molecule has 2 heterocycles. The van der Waals surface area contributed by atoms with E-state index in [0.29, 0.717) is 0 Å². The fraction of sp³-hybridized carbons (Fsp3) is 0.538. The van der Waals surface area contributed by atoms with Crippen LogP contribution in [0.15, 0.2) is 16.5 Å². The molecule has 96 valence electrons. The highest BCUT2D eigenvalue weighted by Gasteiger charge is 2.18. The van der Waals surface area contributed by atoms with Gasteiger partial charge >= 0.3 is 0 Å². The summed E-state index contributed by atoms with van der Waals surface area (Å²) < 4.78 is 0. The van der Waals surface area contributed by atoms with Crippen LogP contribution in [-0.4, -0.2) is 22.3 Å². The third-order valence-electron chi connectivity index (χ3n) is 3.34. The van der Waals surface area contributed by atoms with E-state index in [1.165, 1.54) is 37.5 Å². The van der Waals surface area contributed by atoms with Crippen LogP contribution in [0.4, 0.5) is 5.95 Å². The van der Waals surface area contributed by atoms with E-state index < -0.39 is 0 Å². The van der Waals surface area contributed by atoms with Crippen LogP contribution in [0.5, 0.6) is 0 Å². The van der Waals surface area contributed by atoms with Crippen molar-refractivity contribution in [1.29, 1.82) is 0 Å². The standard InChI is InChI=1S/C13H17N3S2/c1-14-13-15-11-10(7-8-17-11)12(16-13)18-9-5-3-2-4-6-9/h7-9H,2-6H2,1H3,(H,14,15,16). The molecule has 1 N–H and O–H groups in total. The number of aromatic nitrogens is 2. The second-order valence-corrected chi connectivity index (χ2v) is 6.80. The van der Waals surface area contributed by atoms with E-state index in [9.17, 15) is 0 Å².